The lowest BCUT2D eigenvalue weighted by molar-refractivity contribution is -0.227. The highest BCUT2D eigenvalue weighted by atomic mass is 16.7. The van der Waals surface area contributed by atoms with Crippen molar-refractivity contribution < 1.29 is 28.8 Å². The van der Waals surface area contributed by atoms with Gasteiger partial charge in [0.1, 0.15) is 18.8 Å². The van der Waals surface area contributed by atoms with Gasteiger partial charge in [0.25, 0.3) is 0 Å². The Kier molecular flexibility index (Phi) is 5.93. The van der Waals surface area contributed by atoms with Gasteiger partial charge in [0.15, 0.2) is 5.79 Å². The number of hydrogen-bond donors (Lipinski definition) is 1. The summed E-state index contributed by atoms with van der Waals surface area (Å²) in [6.45, 7) is 9.56. The minimum Gasteiger partial charge on any atom is -0.460 e. The lowest BCUT2D eigenvalue weighted by Crippen LogP contribution is -2.35. The number of hydrogen-bond acceptors (Lipinski definition) is 6. The van der Waals surface area contributed by atoms with E-state index in [2.05, 4.69) is 6.58 Å². The van der Waals surface area contributed by atoms with Crippen molar-refractivity contribution in [2.45, 2.75) is 38.8 Å². The molecule has 6 nitrogen and oxygen atoms in total. The topological polar surface area (TPSA) is 77.5 Å². The predicted molar refractivity (Wildman–Crippen MR) is 67.5 cm³/mol. The second-order valence-corrected chi connectivity index (χ2v) is 5.01. The van der Waals surface area contributed by atoms with Gasteiger partial charge >= 0.3 is 5.97 Å². The first-order valence-corrected chi connectivity index (χ1v) is 6.20. The Balaban J connectivity index is 2.14. The summed E-state index contributed by atoms with van der Waals surface area (Å²) < 4.78 is 20.7. The molecule has 1 heterocycles. The molecule has 0 aromatic carbocycles. The Morgan fingerprint density at radius 3 is 2.63 bits per heavy atom. The van der Waals surface area contributed by atoms with Crippen LogP contribution in [-0.4, -0.2) is 55.5 Å². The Hall–Kier alpha value is -0.950. The van der Waals surface area contributed by atoms with Crippen molar-refractivity contribution in [3.05, 3.63) is 12.2 Å². The number of ether oxygens (including phenoxy) is 4. The SMILES string of the molecule is C=C(C)C(=O)OCC(O)COC(C)(C)OCC1CO1. The molecule has 0 amide bonds. The van der Waals surface area contributed by atoms with E-state index in [0.29, 0.717) is 12.2 Å². The van der Waals surface area contributed by atoms with Crippen LogP contribution in [0.2, 0.25) is 0 Å². The first kappa shape index (κ1) is 16.1. The molecule has 0 aliphatic carbocycles. The van der Waals surface area contributed by atoms with Crippen molar-refractivity contribution in [3.63, 3.8) is 0 Å². The van der Waals surface area contributed by atoms with Gasteiger partial charge in [-0.25, -0.2) is 4.79 Å². The first-order chi connectivity index (χ1) is 8.80. The molecule has 0 spiro atoms. The van der Waals surface area contributed by atoms with Crippen LogP contribution in [0.25, 0.3) is 0 Å². The highest BCUT2D eigenvalue weighted by Crippen LogP contribution is 2.17. The molecule has 6 heteroatoms. The van der Waals surface area contributed by atoms with Crippen molar-refractivity contribution in [2.75, 3.05) is 26.4 Å². The Bertz CT molecular complexity index is 321. The van der Waals surface area contributed by atoms with Crippen molar-refractivity contribution in [2.24, 2.45) is 0 Å². The summed E-state index contributed by atoms with van der Waals surface area (Å²) in [4.78, 5) is 11.1. The van der Waals surface area contributed by atoms with Gasteiger partial charge in [-0.05, 0) is 20.8 Å². The number of carbonyl (C=O) groups excluding carboxylic acids is 1. The zero-order valence-corrected chi connectivity index (χ0v) is 11.7. The predicted octanol–water partition coefficient (Wildman–Crippen LogP) is 0.635. The molecule has 110 valence electrons. The van der Waals surface area contributed by atoms with E-state index >= 15 is 0 Å². The largest absolute Gasteiger partial charge is 0.460 e. The van der Waals surface area contributed by atoms with Crippen LogP contribution in [0.15, 0.2) is 12.2 Å². The molecule has 1 rings (SSSR count). The molecule has 19 heavy (non-hydrogen) atoms. The van der Waals surface area contributed by atoms with E-state index in [4.69, 9.17) is 18.9 Å². The molecule has 2 atom stereocenters. The molecule has 1 fully saturated rings. The number of rotatable bonds is 9. The van der Waals surface area contributed by atoms with Gasteiger partial charge in [-0.3, -0.25) is 0 Å². The van der Waals surface area contributed by atoms with Gasteiger partial charge in [-0.2, -0.15) is 0 Å². The van der Waals surface area contributed by atoms with Crippen LogP contribution in [0, 0.1) is 0 Å². The van der Waals surface area contributed by atoms with Gasteiger partial charge in [-0.1, -0.05) is 6.58 Å². The third-order valence-electron chi connectivity index (χ3n) is 2.40. The van der Waals surface area contributed by atoms with Crippen LogP contribution >= 0.6 is 0 Å². The fourth-order valence-electron chi connectivity index (χ4n) is 1.14. The average Bonchev–Trinajstić information content (AvgIpc) is 3.15. The number of aliphatic hydroxyl groups is 1. The van der Waals surface area contributed by atoms with E-state index in [1.54, 1.807) is 20.8 Å². The number of esters is 1. The summed E-state index contributed by atoms with van der Waals surface area (Å²) in [5.74, 6) is -1.34. The second kappa shape index (κ2) is 7.00. The van der Waals surface area contributed by atoms with E-state index < -0.39 is 17.9 Å². The lowest BCUT2D eigenvalue weighted by atomic mass is 10.3. The van der Waals surface area contributed by atoms with Gasteiger partial charge in [-0.15, -0.1) is 0 Å². The Labute approximate surface area is 113 Å². The third kappa shape index (κ3) is 7.27. The normalized spacial score (nSPS) is 19.9. The van der Waals surface area contributed by atoms with Crippen molar-refractivity contribution in [1.29, 1.82) is 0 Å². The molecule has 0 radical (unpaired) electrons. The van der Waals surface area contributed by atoms with E-state index in [9.17, 15) is 9.90 Å². The summed E-state index contributed by atoms with van der Waals surface area (Å²) in [5, 5.41) is 9.62. The van der Waals surface area contributed by atoms with Crippen molar-refractivity contribution in [3.8, 4) is 0 Å². The summed E-state index contributed by atoms with van der Waals surface area (Å²) in [6.07, 6.45) is -0.743. The molecular formula is C13H22O6. The maximum atomic E-state index is 11.1. The minimum atomic E-state index is -0.900. The highest BCUT2D eigenvalue weighted by molar-refractivity contribution is 5.86. The molecule has 1 aliphatic heterocycles. The molecule has 2 unspecified atom stereocenters. The summed E-state index contributed by atoms with van der Waals surface area (Å²) in [7, 11) is 0. The van der Waals surface area contributed by atoms with Gasteiger partial charge < -0.3 is 24.1 Å². The zero-order valence-electron chi connectivity index (χ0n) is 11.7. The second-order valence-electron chi connectivity index (χ2n) is 5.01. The minimum absolute atomic E-state index is 0.0159. The van der Waals surface area contributed by atoms with Crippen LogP contribution in [0.3, 0.4) is 0 Å². The molecule has 1 N–H and O–H groups in total. The molecule has 1 saturated heterocycles. The summed E-state index contributed by atoms with van der Waals surface area (Å²) in [6, 6.07) is 0. The maximum absolute atomic E-state index is 11.1. The van der Waals surface area contributed by atoms with Crippen LogP contribution in [0.1, 0.15) is 20.8 Å². The van der Waals surface area contributed by atoms with E-state index in [0.717, 1.165) is 6.61 Å². The van der Waals surface area contributed by atoms with Crippen LogP contribution in [0.4, 0.5) is 0 Å². The van der Waals surface area contributed by atoms with Crippen molar-refractivity contribution >= 4 is 5.97 Å². The average molecular weight is 274 g/mol. The van der Waals surface area contributed by atoms with Gasteiger partial charge in [0.2, 0.25) is 0 Å². The lowest BCUT2D eigenvalue weighted by Gasteiger charge is -2.26. The number of carbonyl (C=O) groups is 1. The third-order valence-corrected chi connectivity index (χ3v) is 2.40. The van der Waals surface area contributed by atoms with E-state index in [1.807, 2.05) is 0 Å². The van der Waals surface area contributed by atoms with Crippen molar-refractivity contribution in [1.82, 2.24) is 0 Å². The molecule has 1 aliphatic rings. The smallest absolute Gasteiger partial charge is 0.333 e. The number of aliphatic hydroxyl groups excluding tert-OH is 1. The summed E-state index contributed by atoms with van der Waals surface area (Å²) in [5.41, 5.74) is 0.293. The van der Waals surface area contributed by atoms with E-state index in [-0.39, 0.29) is 19.3 Å². The van der Waals surface area contributed by atoms with Gasteiger partial charge in [0, 0.05) is 5.57 Å². The monoisotopic (exact) mass is 274 g/mol. The molecule has 0 saturated carbocycles. The Morgan fingerprint density at radius 1 is 1.47 bits per heavy atom. The van der Waals surface area contributed by atoms with Gasteiger partial charge in [0.05, 0.1) is 19.8 Å². The zero-order chi connectivity index (χ0) is 14.5. The molecule has 0 aromatic heterocycles. The molecule has 0 aromatic rings. The summed E-state index contributed by atoms with van der Waals surface area (Å²) >= 11 is 0. The quantitative estimate of drug-likeness (QED) is 0.288. The standard InChI is InChI=1S/C13H22O6/c1-9(2)12(15)17-5-10(14)6-18-13(3,4)19-8-11-7-16-11/h10-11,14H,1,5-8H2,2-4H3. The van der Waals surface area contributed by atoms with Crippen LogP contribution in [0.5, 0.6) is 0 Å². The number of epoxide rings is 1. The molecular weight excluding hydrogens is 252 g/mol. The molecule has 0 bridgehead atoms. The Morgan fingerprint density at radius 2 is 2.11 bits per heavy atom. The van der Waals surface area contributed by atoms with Crippen LogP contribution in [-0.2, 0) is 23.7 Å². The fraction of sp³-hybridized carbons (Fsp3) is 0.769. The maximum Gasteiger partial charge on any atom is 0.333 e. The fourth-order valence-corrected chi connectivity index (χ4v) is 1.14. The first-order valence-electron chi connectivity index (χ1n) is 6.20. The van der Waals surface area contributed by atoms with E-state index in [1.165, 1.54) is 0 Å². The highest BCUT2D eigenvalue weighted by Gasteiger charge is 2.28. The van der Waals surface area contributed by atoms with Crippen LogP contribution < -0.4 is 0 Å².